The van der Waals surface area contributed by atoms with Gasteiger partial charge in [-0.25, -0.2) is 4.85 Å². The summed E-state index contributed by atoms with van der Waals surface area (Å²) in [4.78, 5) is 11.1. The van der Waals surface area contributed by atoms with E-state index in [1.807, 2.05) is 6.07 Å². The standard InChI is InChI=1S/C50H52N4O5/c1-5-49(6-2)43-31-36(51-3)11-16-39(43)46-41-32-44(54-23-29-58-30-24-54)45(55-4)33-42(41)48-40(47(46)49)17-18-50(59-48,34-7-12-37(13-8-34)52-19-25-56-26-20-52)35-9-14-38(15-10-35)53-21-27-57-28-22-53/h7-18,31-33H,5-6,19-30H2,1-2,4H3. The highest BCUT2D eigenvalue weighted by Gasteiger charge is 2.47. The summed E-state index contributed by atoms with van der Waals surface area (Å²) in [6, 6.07) is 28.8. The quantitative estimate of drug-likeness (QED) is 0.144. The van der Waals surface area contributed by atoms with Crippen LogP contribution in [0.3, 0.4) is 0 Å². The van der Waals surface area contributed by atoms with Crippen LogP contribution in [-0.2, 0) is 25.2 Å². The molecule has 0 aromatic heterocycles. The molecule has 0 amide bonds. The summed E-state index contributed by atoms with van der Waals surface area (Å²) in [5, 5.41) is 2.15. The highest BCUT2D eigenvalue weighted by Crippen LogP contribution is 2.61. The van der Waals surface area contributed by atoms with Gasteiger partial charge in [-0.2, -0.15) is 0 Å². The van der Waals surface area contributed by atoms with E-state index in [1.54, 1.807) is 7.11 Å². The topological polar surface area (TPSA) is 60.2 Å². The maximum atomic E-state index is 7.98. The summed E-state index contributed by atoms with van der Waals surface area (Å²) in [7, 11) is 1.77. The van der Waals surface area contributed by atoms with E-state index in [-0.39, 0.29) is 5.41 Å². The first-order chi connectivity index (χ1) is 29.0. The third kappa shape index (κ3) is 6.06. The SMILES string of the molecule is [C-]#[N+]c1ccc2c(c1)C(CC)(CC)c1c3c(c4cc(OC)c(N5CCOCC5)cc4c1-2)OC(c1ccc(N2CCOCC2)cc1)(c1ccc(N2CCOCC2)cc1)C=C3. The molecule has 0 saturated carbocycles. The Labute approximate surface area is 347 Å². The maximum absolute atomic E-state index is 7.98. The number of benzene rings is 5. The van der Waals surface area contributed by atoms with Gasteiger partial charge in [-0.3, -0.25) is 0 Å². The molecule has 0 atom stereocenters. The molecule has 0 N–H and O–H groups in total. The third-order valence-electron chi connectivity index (χ3n) is 13.6. The number of hydrogen-bond donors (Lipinski definition) is 0. The summed E-state index contributed by atoms with van der Waals surface area (Å²) < 4.78 is 31.2. The molecule has 4 aliphatic heterocycles. The molecular weight excluding hydrogens is 737 g/mol. The average molecular weight is 789 g/mol. The number of fused-ring (bicyclic) bond motifs is 8. The number of rotatable bonds is 8. The van der Waals surface area contributed by atoms with Gasteiger partial charge < -0.3 is 38.4 Å². The van der Waals surface area contributed by atoms with Crippen LogP contribution in [-0.4, -0.2) is 86.0 Å². The average Bonchev–Trinajstić information content (AvgIpc) is 3.62. The molecule has 302 valence electrons. The fraction of sp³-hybridized carbons (Fsp3) is 0.380. The van der Waals surface area contributed by atoms with E-state index in [2.05, 4.69) is 118 Å². The van der Waals surface area contributed by atoms with Gasteiger partial charge in [-0.05, 0) is 83.0 Å². The minimum absolute atomic E-state index is 0.310. The van der Waals surface area contributed by atoms with Crippen LogP contribution in [0.4, 0.5) is 22.7 Å². The van der Waals surface area contributed by atoms with Crippen LogP contribution in [0.2, 0.25) is 0 Å². The molecule has 59 heavy (non-hydrogen) atoms. The van der Waals surface area contributed by atoms with Crippen LogP contribution >= 0.6 is 0 Å². The second kappa shape index (κ2) is 15.3. The summed E-state index contributed by atoms with van der Waals surface area (Å²) >= 11 is 0. The van der Waals surface area contributed by atoms with Crippen molar-refractivity contribution >= 4 is 39.6 Å². The lowest BCUT2D eigenvalue weighted by Crippen LogP contribution is -2.37. The lowest BCUT2D eigenvalue weighted by atomic mass is 9.71. The van der Waals surface area contributed by atoms with Crippen molar-refractivity contribution in [2.24, 2.45) is 0 Å². The fourth-order valence-electron chi connectivity index (χ4n) is 10.4. The first kappa shape index (κ1) is 37.7. The van der Waals surface area contributed by atoms with Crippen LogP contribution < -0.4 is 24.2 Å². The molecule has 10 rings (SSSR count). The first-order valence-electron chi connectivity index (χ1n) is 21.3. The zero-order valence-electron chi connectivity index (χ0n) is 34.4. The first-order valence-corrected chi connectivity index (χ1v) is 21.3. The van der Waals surface area contributed by atoms with Crippen molar-refractivity contribution < 1.29 is 23.7 Å². The van der Waals surface area contributed by atoms with E-state index in [4.69, 9.17) is 30.3 Å². The monoisotopic (exact) mass is 788 g/mol. The summed E-state index contributed by atoms with van der Waals surface area (Å²) in [5.74, 6) is 1.67. The van der Waals surface area contributed by atoms with Gasteiger partial charge in [0.1, 0.15) is 11.5 Å². The Kier molecular flexibility index (Phi) is 9.75. The van der Waals surface area contributed by atoms with Crippen LogP contribution in [0.5, 0.6) is 11.5 Å². The molecule has 0 bridgehead atoms. The molecule has 0 spiro atoms. The fourth-order valence-corrected chi connectivity index (χ4v) is 10.4. The van der Waals surface area contributed by atoms with E-state index in [0.717, 1.165) is 123 Å². The number of anilines is 3. The van der Waals surface area contributed by atoms with Crippen molar-refractivity contribution in [2.75, 3.05) is 101 Å². The predicted molar refractivity (Wildman–Crippen MR) is 236 cm³/mol. The minimum atomic E-state index is -0.929. The number of ether oxygens (including phenoxy) is 5. The van der Waals surface area contributed by atoms with Gasteiger partial charge in [-0.1, -0.05) is 62.4 Å². The van der Waals surface area contributed by atoms with Gasteiger partial charge in [0, 0.05) is 78.1 Å². The number of methoxy groups -OCH3 is 1. The minimum Gasteiger partial charge on any atom is -0.495 e. The van der Waals surface area contributed by atoms with Crippen molar-refractivity contribution in [1.29, 1.82) is 0 Å². The third-order valence-corrected chi connectivity index (χ3v) is 13.6. The number of hydrogen-bond acceptors (Lipinski definition) is 8. The molecule has 1 aliphatic carbocycles. The normalized spacial score (nSPS) is 19.1. The summed E-state index contributed by atoms with van der Waals surface area (Å²) in [6.07, 6.45) is 6.41. The van der Waals surface area contributed by atoms with Gasteiger partial charge in [0.05, 0.1) is 59.0 Å². The molecule has 5 aromatic carbocycles. The number of morpholine rings is 3. The number of nitrogens with zero attached hydrogens (tertiary/aromatic N) is 4. The highest BCUT2D eigenvalue weighted by atomic mass is 16.5. The lowest BCUT2D eigenvalue weighted by Gasteiger charge is -2.40. The lowest BCUT2D eigenvalue weighted by molar-refractivity contribution is 0.122. The smallest absolute Gasteiger partial charge is 0.187 e. The van der Waals surface area contributed by atoms with Crippen LogP contribution in [0.1, 0.15) is 54.5 Å². The van der Waals surface area contributed by atoms with Crippen molar-refractivity contribution in [3.05, 3.63) is 124 Å². The summed E-state index contributed by atoms with van der Waals surface area (Å²) in [6.45, 7) is 21.9. The highest BCUT2D eigenvalue weighted by molar-refractivity contribution is 6.10. The van der Waals surface area contributed by atoms with Crippen molar-refractivity contribution in [3.8, 4) is 22.6 Å². The second-order valence-electron chi connectivity index (χ2n) is 16.3. The molecule has 9 heteroatoms. The largest absolute Gasteiger partial charge is 0.495 e. The zero-order chi connectivity index (χ0) is 40.1. The maximum Gasteiger partial charge on any atom is 0.187 e. The van der Waals surface area contributed by atoms with E-state index in [9.17, 15) is 0 Å². The Balaban J connectivity index is 1.22. The molecule has 3 saturated heterocycles. The predicted octanol–water partition coefficient (Wildman–Crippen LogP) is 9.34. The Morgan fingerprint density at radius 3 is 1.76 bits per heavy atom. The van der Waals surface area contributed by atoms with Crippen LogP contribution in [0.15, 0.2) is 84.9 Å². The Hall–Kier alpha value is -5.53. The Morgan fingerprint density at radius 1 is 0.678 bits per heavy atom. The molecule has 5 aliphatic rings. The summed E-state index contributed by atoms with van der Waals surface area (Å²) in [5.41, 5.74) is 11.0. The Bertz CT molecular complexity index is 2390. The van der Waals surface area contributed by atoms with E-state index >= 15 is 0 Å². The van der Waals surface area contributed by atoms with Crippen molar-refractivity contribution in [2.45, 2.75) is 37.7 Å². The van der Waals surface area contributed by atoms with Crippen molar-refractivity contribution in [3.63, 3.8) is 0 Å². The molecular formula is C50H52N4O5. The Morgan fingerprint density at radius 2 is 1.24 bits per heavy atom. The van der Waals surface area contributed by atoms with Gasteiger partial charge >= 0.3 is 0 Å². The van der Waals surface area contributed by atoms with Gasteiger partial charge in [0.25, 0.3) is 0 Å². The van der Waals surface area contributed by atoms with Crippen LogP contribution in [0.25, 0.3) is 32.8 Å². The van der Waals surface area contributed by atoms with E-state index < -0.39 is 5.60 Å². The molecule has 5 aromatic rings. The van der Waals surface area contributed by atoms with Gasteiger partial charge in [-0.15, -0.1) is 0 Å². The van der Waals surface area contributed by atoms with E-state index in [0.29, 0.717) is 18.9 Å². The molecule has 0 radical (unpaired) electrons. The van der Waals surface area contributed by atoms with Crippen molar-refractivity contribution in [1.82, 2.24) is 0 Å². The molecule has 0 unspecified atom stereocenters. The second-order valence-corrected chi connectivity index (χ2v) is 16.3. The van der Waals surface area contributed by atoms with Gasteiger partial charge in [0.2, 0.25) is 0 Å². The molecule has 4 heterocycles. The van der Waals surface area contributed by atoms with Crippen LogP contribution in [0, 0.1) is 6.57 Å². The zero-order valence-corrected chi connectivity index (χ0v) is 34.4. The van der Waals surface area contributed by atoms with Gasteiger partial charge in [0.15, 0.2) is 11.3 Å². The molecule has 3 fully saturated rings. The van der Waals surface area contributed by atoms with E-state index in [1.165, 1.54) is 33.6 Å². The molecule has 9 nitrogen and oxygen atoms in total.